The van der Waals surface area contributed by atoms with Gasteiger partial charge in [0.25, 0.3) is 17.7 Å². The van der Waals surface area contributed by atoms with E-state index in [4.69, 9.17) is 44.3 Å². The zero-order valence-corrected chi connectivity index (χ0v) is 21.2. The predicted octanol–water partition coefficient (Wildman–Crippen LogP) is 5.70. The number of carbonyl (C=O) groups is 3. The predicted molar refractivity (Wildman–Crippen MR) is 139 cm³/mol. The molecule has 0 atom stereocenters. The van der Waals surface area contributed by atoms with Gasteiger partial charge in [-0.2, -0.15) is 0 Å². The van der Waals surface area contributed by atoms with Crippen molar-refractivity contribution < 1.29 is 23.9 Å². The van der Waals surface area contributed by atoms with Crippen molar-refractivity contribution in [1.29, 1.82) is 0 Å². The van der Waals surface area contributed by atoms with E-state index in [1.54, 1.807) is 42.5 Å². The van der Waals surface area contributed by atoms with Gasteiger partial charge in [0.2, 0.25) is 0 Å². The quantitative estimate of drug-likeness (QED) is 0.369. The van der Waals surface area contributed by atoms with Crippen LogP contribution in [-0.2, 0) is 9.59 Å². The minimum atomic E-state index is -0.757. The Morgan fingerprint density at radius 1 is 0.889 bits per heavy atom. The van der Waals surface area contributed by atoms with Crippen LogP contribution in [-0.4, -0.2) is 31.9 Å². The standard InChI is InChI=1S/C25H18Cl3N3O5/c1-35-15-9-10-19(36-2)17(12-15)30-23(32)13-5-3-6-14(11-13)29-22-21(28)24(33)31(25(22)34)18-8-4-7-16(26)20(18)27/h3-12,29H,1-2H3,(H,30,32). The van der Waals surface area contributed by atoms with Gasteiger partial charge in [-0.3, -0.25) is 14.4 Å². The fraction of sp³-hybridized carbons (Fsp3) is 0.0800. The molecule has 2 N–H and O–H groups in total. The maximum absolute atomic E-state index is 13.1. The number of benzene rings is 3. The second-order valence-corrected chi connectivity index (χ2v) is 8.60. The third-order valence-corrected chi connectivity index (χ3v) is 6.41. The lowest BCUT2D eigenvalue weighted by Crippen LogP contribution is -2.32. The molecule has 0 saturated carbocycles. The number of halogens is 3. The molecule has 3 aromatic carbocycles. The number of imide groups is 1. The summed E-state index contributed by atoms with van der Waals surface area (Å²) >= 11 is 18.4. The summed E-state index contributed by atoms with van der Waals surface area (Å²) in [5.41, 5.74) is 0.984. The fourth-order valence-corrected chi connectivity index (χ4v) is 4.08. The van der Waals surface area contributed by atoms with Crippen LogP contribution < -0.4 is 25.0 Å². The number of amides is 3. The first-order valence-corrected chi connectivity index (χ1v) is 11.5. The largest absolute Gasteiger partial charge is 0.497 e. The van der Waals surface area contributed by atoms with E-state index >= 15 is 0 Å². The summed E-state index contributed by atoms with van der Waals surface area (Å²) in [6.07, 6.45) is 0. The Labute approximate surface area is 221 Å². The Balaban J connectivity index is 1.57. The van der Waals surface area contributed by atoms with Gasteiger partial charge in [0.05, 0.1) is 35.6 Å². The molecule has 0 aliphatic carbocycles. The molecule has 1 aliphatic heterocycles. The zero-order chi connectivity index (χ0) is 26.0. The molecule has 0 saturated heterocycles. The zero-order valence-electron chi connectivity index (χ0n) is 18.9. The van der Waals surface area contributed by atoms with Crippen LogP contribution in [0.25, 0.3) is 0 Å². The summed E-state index contributed by atoms with van der Waals surface area (Å²) in [5, 5.41) is 5.50. The number of hydrogen-bond acceptors (Lipinski definition) is 6. The molecular weight excluding hydrogens is 529 g/mol. The van der Waals surface area contributed by atoms with Crippen molar-refractivity contribution in [2.24, 2.45) is 0 Å². The Morgan fingerprint density at radius 2 is 1.64 bits per heavy atom. The number of methoxy groups -OCH3 is 2. The lowest BCUT2D eigenvalue weighted by Gasteiger charge is -2.17. The number of hydrogen-bond donors (Lipinski definition) is 2. The SMILES string of the molecule is COc1ccc(OC)c(NC(=O)c2cccc(NC3=C(Cl)C(=O)N(c4cccc(Cl)c4Cl)C3=O)c2)c1. The summed E-state index contributed by atoms with van der Waals surface area (Å²) < 4.78 is 10.5. The molecule has 0 spiro atoms. The molecule has 3 aromatic rings. The first kappa shape index (κ1) is 25.4. The second-order valence-electron chi connectivity index (χ2n) is 7.43. The minimum Gasteiger partial charge on any atom is -0.497 e. The van der Waals surface area contributed by atoms with Crippen LogP contribution >= 0.6 is 34.8 Å². The van der Waals surface area contributed by atoms with E-state index in [0.29, 0.717) is 22.9 Å². The minimum absolute atomic E-state index is 0.0400. The van der Waals surface area contributed by atoms with Gasteiger partial charge in [0.1, 0.15) is 22.2 Å². The first-order chi connectivity index (χ1) is 17.2. The van der Waals surface area contributed by atoms with E-state index in [2.05, 4.69) is 10.6 Å². The van der Waals surface area contributed by atoms with Crippen molar-refractivity contribution in [2.45, 2.75) is 0 Å². The number of rotatable bonds is 7. The first-order valence-electron chi connectivity index (χ1n) is 10.4. The van der Waals surface area contributed by atoms with Crippen molar-refractivity contribution in [1.82, 2.24) is 0 Å². The fourth-order valence-electron chi connectivity index (χ4n) is 3.48. The van der Waals surface area contributed by atoms with E-state index in [9.17, 15) is 14.4 Å². The number of ether oxygens (including phenoxy) is 2. The Bertz CT molecular complexity index is 1420. The van der Waals surface area contributed by atoms with Crippen LogP contribution in [0.3, 0.4) is 0 Å². The summed E-state index contributed by atoms with van der Waals surface area (Å²) in [7, 11) is 3.00. The number of nitrogens with zero attached hydrogens (tertiary/aromatic N) is 1. The average Bonchev–Trinajstić information content (AvgIpc) is 3.08. The van der Waals surface area contributed by atoms with Gasteiger partial charge < -0.3 is 20.1 Å². The summed E-state index contributed by atoms with van der Waals surface area (Å²) in [5.74, 6) is -0.925. The van der Waals surface area contributed by atoms with Crippen LogP contribution in [0.4, 0.5) is 17.1 Å². The van der Waals surface area contributed by atoms with Crippen LogP contribution in [0.2, 0.25) is 10.0 Å². The molecule has 0 aromatic heterocycles. The van der Waals surface area contributed by atoms with Crippen molar-refractivity contribution in [3.8, 4) is 11.5 Å². The maximum Gasteiger partial charge on any atom is 0.283 e. The molecule has 8 nitrogen and oxygen atoms in total. The monoisotopic (exact) mass is 545 g/mol. The van der Waals surface area contributed by atoms with Gasteiger partial charge in [-0.1, -0.05) is 46.9 Å². The summed E-state index contributed by atoms with van der Waals surface area (Å²) in [6.45, 7) is 0. The molecule has 1 aliphatic rings. The number of nitrogens with one attached hydrogen (secondary N) is 2. The lowest BCUT2D eigenvalue weighted by molar-refractivity contribution is -0.120. The number of anilines is 3. The van der Waals surface area contributed by atoms with Gasteiger partial charge in [0.15, 0.2) is 0 Å². The normalized spacial score (nSPS) is 13.2. The Hall–Kier alpha value is -3.72. The smallest absolute Gasteiger partial charge is 0.283 e. The molecule has 0 fully saturated rings. The highest BCUT2D eigenvalue weighted by Crippen LogP contribution is 2.37. The van der Waals surface area contributed by atoms with Crippen LogP contribution in [0.15, 0.2) is 71.4 Å². The Morgan fingerprint density at radius 3 is 2.36 bits per heavy atom. The molecule has 36 heavy (non-hydrogen) atoms. The molecule has 4 rings (SSSR count). The van der Waals surface area contributed by atoms with E-state index in [1.165, 1.54) is 32.4 Å². The molecular formula is C25H18Cl3N3O5. The molecule has 0 bridgehead atoms. The highest BCUT2D eigenvalue weighted by Gasteiger charge is 2.40. The average molecular weight is 547 g/mol. The molecule has 1 heterocycles. The Kier molecular flexibility index (Phi) is 7.40. The van der Waals surface area contributed by atoms with Crippen molar-refractivity contribution in [3.63, 3.8) is 0 Å². The summed E-state index contributed by atoms with van der Waals surface area (Å²) in [6, 6.07) is 15.9. The van der Waals surface area contributed by atoms with Crippen LogP contribution in [0, 0.1) is 0 Å². The van der Waals surface area contributed by atoms with Crippen molar-refractivity contribution >= 4 is 69.6 Å². The highest BCUT2D eigenvalue weighted by atomic mass is 35.5. The molecule has 184 valence electrons. The lowest BCUT2D eigenvalue weighted by atomic mass is 10.1. The van der Waals surface area contributed by atoms with Gasteiger partial charge in [-0.25, -0.2) is 4.90 Å². The van der Waals surface area contributed by atoms with E-state index < -0.39 is 17.7 Å². The van der Waals surface area contributed by atoms with Crippen molar-refractivity contribution in [3.05, 3.63) is 87.0 Å². The maximum atomic E-state index is 13.1. The van der Waals surface area contributed by atoms with E-state index in [0.717, 1.165) is 4.90 Å². The van der Waals surface area contributed by atoms with Crippen molar-refractivity contribution in [2.75, 3.05) is 29.8 Å². The number of carbonyl (C=O) groups excluding carboxylic acids is 3. The van der Waals surface area contributed by atoms with Gasteiger partial charge in [0, 0.05) is 17.3 Å². The third kappa shape index (κ3) is 4.83. The third-order valence-electron chi connectivity index (χ3n) is 5.25. The van der Waals surface area contributed by atoms with Crippen LogP contribution in [0.5, 0.6) is 11.5 Å². The summed E-state index contributed by atoms with van der Waals surface area (Å²) in [4.78, 5) is 39.6. The van der Waals surface area contributed by atoms with E-state index in [1.807, 2.05) is 0 Å². The van der Waals surface area contributed by atoms with Gasteiger partial charge >= 0.3 is 0 Å². The molecule has 3 amide bonds. The van der Waals surface area contributed by atoms with Crippen LogP contribution in [0.1, 0.15) is 10.4 Å². The molecule has 11 heteroatoms. The van der Waals surface area contributed by atoms with E-state index in [-0.39, 0.29) is 32.0 Å². The second kappa shape index (κ2) is 10.5. The van der Waals surface area contributed by atoms with Gasteiger partial charge in [-0.05, 0) is 42.5 Å². The topological polar surface area (TPSA) is 97.0 Å². The van der Waals surface area contributed by atoms with Gasteiger partial charge in [-0.15, -0.1) is 0 Å². The highest BCUT2D eigenvalue weighted by molar-refractivity contribution is 6.54. The molecule has 0 unspecified atom stereocenters. The molecule has 0 radical (unpaired) electrons.